The van der Waals surface area contributed by atoms with Crippen LogP contribution in [0.25, 0.3) is 38.0 Å². The van der Waals surface area contributed by atoms with Crippen LogP contribution >= 0.6 is 0 Å². The van der Waals surface area contributed by atoms with Crippen LogP contribution in [0.3, 0.4) is 0 Å². The Kier molecular flexibility index (Phi) is 3.94. The predicted octanol–water partition coefficient (Wildman–Crippen LogP) is 6.68. The zero-order valence-electron chi connectivity index (χ0n) is 18.3. The molecule has 0 bridgehead atoms. The number of fused-ring (bicyclic) bond motifs is 3. The van der Waals surface area contributed by atoms with Crippen LogP contribution in [0.1, 0.15) is 43.5 Å². The van der Waals surface area contributed by atoms with Crippen LogP contribution in [0, 0.1) is 27.3 Å². The molecule has 0 amide bonds. The van der Waals surface area contributed by atoms with Gasteiger partial charge in [0.1, 0.15) is 18.2 Å². The summed E-state index contributed by atoms with van der Waals surface area (Å²) >= 11 is 0. The second kappa shape index (κ2) is 6.49. The van der Waals surface area contributed by atoms with Gasteiger partial charge < -0.3 is 4.42 Å². The molecule has 0 saturated carbocycles. The molecule has 28 heavy (non-hydrogen) atoms. The molecule has 0 N–H and O–H groups in total. The van der Waals surface area contributed by atoms with E-state index in [1.807, 2.05) is 32.9 Å². The standard InChI is InChI=1S/C25H25N2O/c1-14(2)18-12-16(4)27(7)22(13-18)23-15(3)8-9-20-19-10-11-21(26-6)17(5)24(19)28-25(20)23/h8-14H,1-5,7H3/q+1/i14D. The van der Waals surface area contributed by atoms with E-state index in [1.165, 1.54) is 0 Å². The number of nitrogens with zero attached hydrogens (tertiary/aromatic N) is 2. The van der Waals surface area contributed by atoms with Crippen LogP contribution in [0.15, 0.2) is 40.8 Å². The van der Waals surface area contributed by atoms with E-state index in [1.54, 1.807) is 0 Å². The quantitative estimate of drug-likeness (QED) is 0.285. The van der Waals surface area contributed by atoms with Gasteiger partial charge in [0.15, 0.2) is 11.4 Å². The minimum atomic E-state index is -0.690. The fraction of sp³-hybridized carbons (Fsp3) is 0.280. The Morgan fingerprint density at radius 3 is 2.39 bits per heavy atom. The summed E-state index contributed by atoms with van der Waals surface area (Å²) in [5.74, 6) is -0.690. The Morgan fingerprint density at radius 1 is 1.04 bits per heavy atom. The molecule has 0 unspecified atom stereocenters. The van der Waals surface area contributed by atoms with Crippen molar-refractivity contribution in [3.8, 4) is 11.3 Å². The summed E-state index contributed by atoms with van der Waals surface area (Å²) in [6.45, 7) is 17.3. The first-order chi connectivity index (χ1) is 13.6. The van der Waals surface area contributed by atoms with Crippen molar-refractivity contribution in [1.82, 2.24) is 0 Å². The zero-order valence-corrected chi connectivity index (χ0v) is 17.3. The third kappa shape index (κ3) is 2.60. The summed E-state index contributed by atoms with van der Waals surface area (Å²) in [4.78, 5) is 3.62. The van der Waals surface area contributed by atoms with Gasteiger partial charge in [-0.1, -0.05) is 38.1 Å². The number of aromatic nitrogens is 1. The summed E-state index contributed by atoms with van der Waals surface area (Å²) < 4.78 is 17.1. The molecule has 0 aliphatic rings. The maximum absolute atomic E-state index is 8.52. The van der Waals surface area contributed by atoms with E-state index in [9.17, 15) is 0 Å². The second-order valence-electron chi connectivity index (χ2n) is 7.76. The van der Waals surface area contributed by atoms with Crippen LogP contribution in [-0.2, 0) is 7.05 Å². The minimum absolute atomic E-state index is 0.620. The lowest BCUT2D eigenvalue weighted by atomic mass is 9.96. The Hall–Kier alpha value is -3.12. The second-order valence-corrected chi connectivity index (χ2v) is 7.76. The molecular weight excluding hydrogens is 344 g/mol. The molecule has 2 aromatic heterocycles. The molecule has 0 radical (unpaired) electrons. The van der Waals surface area contributed by atoms with Crippen molar-refractivity contribution in [1.29, 1.82) is 0 Å². The van der Waals surface area contributed by atoms with Crippen molar-refractivity contribution in [2.75, 3.05) is 0 Å². The van der Waals surface area contributed by atoms with Gasteiger partial charge >= 0.3 is 0 Å². The first-order valence-electron chi connectivity index (χ1n) is 9.98. The molecule has 0 saturated heterocycles. The normalized spacial score (nSPS) is 12.4. The molecule has 140 valence electrons. The summed E-state index contributed by atoms with van der Waals surface area (Å²) in [5, 5.41) is 2.08. The molecule has 0 fully saturated rings. The summed E-state index contributed by atoms with van der Waals surface area (Å²) in [7, 11) is 2.05. The highest BCUT2D eigenvalue weighted by Crippen LogP contribution is 2.40. The van der Waals surface area contributed by atoms with Crippen molar-refractivity contribution >= 4 is 27.6 Å². The van der Waals surface area contributed by atoms with Crippen molar-refractivity contribution in [3.63, 3.8) is 0 Å². The number of benzene rings is 2. The van der Waals surface area contributed by atoms with Crippen LogP contribution in [-0.4, -0.2) is 0 Å². The molecule has 2 heterocycles. The third-order valence-electron chi connectivity index (χ3n) is 5.74. The first kappa shape index (κ1) is 17.0. The van der Waals surface area contributed by atoms with Crippen molar-refractivity contribution in [2.24, 2.45) is 7.05 Å². The predicted molar refractivity (Wildman–Crippen MR) is 115 cm³/mol. The molecule has 4 aromatic rings. The number of rotatable bonds is 2. The Morgan fingerprint density at radius 2 is 1.71 bits per heavy atom. The monoisotopic (exact) mass is 370 g/mol. The van der Waals surface area contributed by atoms with E-state index in [0.29, 0.717) is 5.69 Å². The maximum Gasteiger partial charge on any atom is 0.216 e. The van der Waals surface area contributed by atoms with Crippen LogP contribution < -0.4 is 4.57 Å². The number of hydrogen-bond acceptors (Lipinski definition) is 1. The van der Waals surface area contributed by atoms with Crippen molar-refractivity contribution < 1.29 is 10.4 Å². The molecule has 4 rings (SSSR count). The fourth-order valence-corrected chi connectivity index (χ4v) is 3.89. The Bertz CT molecular complexity index is 1330. The summed E-state index contributed by atoms with van der Waals surface area (Å²) in [6.07, 6.45) is 0. The highest BCUT2D eigenvalue weighted by molar-refractivity contribution is 6.11. The number of furan rings is 1. The highest BCUT2D eigenvalue weighted by atomic mass is 16.3. The minimum Gasteiger partial charge on any atom is -0.456 e. The Labute approximate surface area is 167 Å². The lowest BCUT2D eigenvalue weighted by Gasteiger charge is -2.11. The molecule has 0 aliphatic heterocycles. The average molecular weight is 370 g/mol. The van der Waals surface area contributed by atoms with Gasteiger partial charge in [-0.3, -0.25) is 0 Å². The number of pyridine rings is 1. The van der Waals surface area contributed by atoms with Crippen LogP contribution in [0.4, 0.5) is 5.69 Å². The third-order valence-corrected chi connectivity index (χ3v) is 5.74. The van der Waals surface area contributed by atoms with Crippen LogP contribution in [0.2, 0.25) is 0 Å². The smallest absolute Gasteiger partial charge is 0.216 e. The van der Waals surface area contributed by atoms with E-state index < -0.39 is 5.89 Å². The summed E-state index contributed by atoms with van der Waals surface area (Å²) in [5.41, 5.74) is 8.36. The lowest BCUT2D eigenvalue weighted by Crippen LogP contribution is -2.35. The Balaban J connectivity index is 2.14. The molecule has 2 aromatic carbocycles. The summed E-state index contributed by atoms with van der Waals surface area (Å²) in [6, 6.07) is 12.3. The zero-order chi connectivity index (χ0) is 21.1. The van der Waals surface area contributed by atoms with Gasteiger partial charge in [0, 0.05) is 31.2 Å². The maximum atomic E-state index is 8.52. The van der Waals surface area contributed by atoms with Crippen LogP contribution in [0.5, 0.6) is 0 Å². The van der Waals surface area contributed by atoms with E-state index in [2.05, 4.69) is 54.6 Å². The molecular formula is C25H25N2O+. The van der Waals surface area contributed by atoms with Gasteiger partial charge in [0.25, 0.3) is 0 Å². The molecule has 0 aliphatic carbocycles. The fourth-order valence-electron chi connectivity index (χ4n) is 3.89. The van der Waals surface area contributed by atoms with Crippen molar-refractivity contribution in [3.05, 3.63) is 70.2 Å². The van der Waals surface area contributed by atoms with Gasteiger partial charge in [-0.25, -0.2) is 4.85 Å². The SMILES string of the molecule is [2H]C(C)(C)c1cc(C)[n+](C)c(-c2c(C)ccc3c2oc2c(C)c([N+]#[C-])ccc23)c1. The van der Waals surface area contributed by atoms with Gasteiger partial charge in [0.05, 0.1) is 12.1 Å². The molecule has 0 spiro atoms. The topological polar surface area (TPSA) is 21.4 Å². The molecule has 3 heteroatoms. The lowest BCUT2D eigenvalue weighted by molar-refractivity contribution is -0.666. The van der Waals surface area contributed by atoms with E-state index in [-0.39, 0.29) is 0 Å². The molecule has 3 nitrogen and oxygen atoms in total. The largest absolute Gasteiger partial charge is 0.456 e. The van der Waals surface area contributed by atoms with Gasteiger partial charge in [-0.15, -0.1) is 0 Å². The number of aryl methyl sites for hydroxylation is 3. The number of hydrogen-bond donors (Lipinski definition) is 0. The van der Waals surface area contributed by atoms with E-state index >= 15 is 0 Å². The van der Waals surface area contributed by atoms with E-state index in [4.69, 9.17) is 12.4 Å². The van der Waals surface area contributed by atoms with Gasteiger partial charge in [-0.05, 0) is 36.4 Å². The van der Waals surface area contributed by atoms with Crippen molar-refractivity contribution in [2.45, 2.75) is 40.5 Å². The average Bonchev–Trinajstić information content (AvgIpc) is 3.03. The van der Waals surface area contributed by atoms with Gasteiger partial charge in [-0.2, -0.15) is 4.57 Å². The molecule has 0 atom stereocenters. The van der Waals surface area contributed by atoms with E-state index in [0.717, 1.165) is 55.6 Å². The first-order valence-corrected chi connectivity index (χ1v) is 9.48. The van der Waals surface area contributed by atoms with Gasteiger partial charge in [0.2, 0.25) is 5.69 Å². The highest BCUT2D eigenvalue weighted by Gasteiger charge is 2.23.